The monoisotopic (exact) mass is 369 g/mol. The molecule has 2 nitrogen and oxygen atoms in total. The van der Waals surface area contributed by atoms with Gasteiger partial charge in [0.1, 0.15) is 0 Å². The molecule has 24 heavy (non-hydrogen) atoms. The fourth-order valence-electron chi connectivity index (χ4n) is 2.66. The van der Waals surface area contributed by atoms with E-state index in [4.69, 9.17) is 8.85 Å². The van der Waals surface area contributed by atoms with E-state index in [0.717, 1.165) is 19.3 Å². The van der Waals surface area contributed by atoms with Crippen LogP contribution in [-0.4, -0.2) is 28.8 Å². The zero-order valence-electron chi connectivity index (χ0n) is 17.9. The topological polar surface area (TPSA) is 18.5 Å². The third-order valence-electron chi connectivity index (χ3n) is 6.33. The lowest BCUT2D eigenvalue weighted by Crippen LogP contribution is -2.48. The first-order chi connectivity index (χ1) is 10.6. The number of rotatable bonds is 4. The molecule has 0 bridgehead atoms. The Morgan fingerprint density at radius 2 is 1.17 bits per heavy atom. The summed E-state index contributed by atoms with van der Waals surface area (Å²) < 4.78 is 13.4. The highest BCUT2D eigenvalue weighted by molar-refractivity contribution is 6.74. The van der Waals surface area contributed by atoms with Gasteiger partial charge >= 0.3 is 0 Å². The zero-order chi connectivity index (χ0) is 19.0. The molecule has 1 fully saturated rings. The minimum absolute atomic E-state index is 0.245. The van der Waals surface area contributed by atoms with E-state index in [0.29, 0.717) is 0 Å². The molecule has 1 radical (unpaired) electrons. The fraction of sp³-hybridized carbons (Fsp3) is 0.850. The van der Waals surface area contributed by atoms with Crippen molar-refractivity contribution in [3.8, 4) is 0 Å². The Morgan fingerprint density at radius 1 is 0.833 bits per heavy atom. The summed E-state index contributed by atoms with van der Waals surface area (Å²) in [4.78, 5) is 0. The number of hydrogen-bond donors (Lipinski definition) is 0. The van der Waals surface area contributed by atoms with Crippen molar-refractivity contribution >= 4 is 16.6 Å². The van der Waals surface area contributed by atoms with Crippen molar-refractivity contribution in [3.63, 3.8) is 0 Å². The van der Waals surface area contributed by atoms with Crippen LogP contribution in [-0.2, 0) is 8.85 Å². The lowest BCUT2D eigenvalue weighted by Gasteiger charge is -2.45. The Kier molecular flexibility index (Phi) is 6.80. The molecule has 1 saturated carbocycles. The SMILES string of the molecule is [CH2]C=C1CC(O[Si](C)(C)C(C)(C)C)CC(O[Si](C)(C)C(C)(C)C)C1. The Labute approximate surface area is 153 Å². The Morgan fingerprint density at radius 3 is 1.42 bits per heavy atom. The maximum atomic E-state index is 6.71. The summed E-state index contributed by atoms with van der Waals surface area (Å²) in [6.07, 6.45) is 5.66. The first-order valence-corrected chi connectivity index (χ1v) is 15.2. The average molecular weight is 370 g/mol. The molecule has 0 aromatic rings. The highest BCUT2D eigenvalue weighted by Crippen LogP contribution is 2.42. The van der Waals surface area contributed by atoms with E-state index in [9.17, 15) is 0 Å². The predicted octanol–water partition coefficient (Wildman–Crippen LogP) is 6.71. The lowest BCUT2D eigenvalue weighted by atomic mass is 9.90. The van der Waals surface area contributed by atoms with Crippen molar-refractivity contribution in [3.05, 3.63) is 18.6 Å². The Bertz CT molecular complexity index is 415. The summed E-state index contributed by atoms with van der Waals surface area (Å²) in [6, 6.07) is 0. The van der Waals surface area contributed by atoms with E-state index in [1.807, 2.05) is 6.08 Å². The first-order valence-electron chi connectivity index (χ1n) is 9.42. The van der Waals surface area contributed by atoms with Crippen LogP contribution < -0.4 is 0 Å². The van der Waals surface area contributed by atoms with Gasteiger partial charge in [0.15, 0.2) is 16.6 Å². The van der Waals surface area contributed by atoms with Crippen molar-refractivity contribution in [1.29, 1.82) is 0 Å². The summed E-state index contributed by atoms with van der Waals surface area (Å²) >= 11 is 0. The molecule has 0 heterocycles. The Balaban J connectivity index is 2.88. The Hall–Kier alpha value is 0.0938. The minimum atomic E-state index is -1.75. The van der Waals surface area contributed by atoms with E-state index >= 15 is 0 Å². The van der Waals surface area contributed by atoms with E-state index in [-0.39, 0.29) is 22.3 Å². The fourth-order valence-corrected chi connectivity index (χ4v) is 5.39. The largest absolute Gasteiger partial charge is 0.414 e. The molecular formula is C20H41O2Si2. The molecule has 1 rings (SSSR count). The molecule has 0 N–H and O–H groups in total. The van der Waals surface area contributed by atoms with E-state index in [1.54, 1.807) is 0 Å². The standard InChI is InChI=1S/C20H41O2Si2/c1-12-16-13-17(21-23(8,9)19(2,3)4)15-18(14-16)22-24(10,11)20(5,6)7/h12,17-18H,1,13-15H2,2-11H3. The van der Waals surface area contributed by atoms with Crippen LogP contribution in [0.25, 0.3) is 0 Å². The van der Waals surface area contributed by atoms with E-state index in [2.05, 4.69) is 74.7 Å². The van der Waals surface area contributed by atoms with Gasteiger partial charge in [-0.1, -0.05) is 53.2 Å². The third kappa shape index (κ3) is 5.55. The van der Waals surface area contributed by atoms with Crippen LogP contribution in [0.4, 0.5) is 0 Å². The minimum Gasteiger partial charge on any atom is -0.414 e. The van der Waals surface area contributed by atoms with Crippen molar-refractivity contribution in [2.45, 2.75) is 109 Å². The quantitative estimate of drug-likeness (QED) is 0.512. The average Bonchev–Trinajstić information content (AvgIpc) is 2.34. The predicted molar refractivity (Wildman–Crippen MR) is 111 cm³/mol. The van der Waals surface area contributed by atoms with Crippen LogP contribution in [0.15, 0.2) is 11.6 Å². The van der Waals surface area contributed by atoms with Gasteiger partial charge in [0.05, 0.1) is 12.2 Å². The number of hydrogen-bond acceptors (Lipinski definition) is 2. The molecule has 2 unspecified atom stereocenters. The van der Waals surface area contributed by atoms with E-state index in [1.165, 1.54) is 5.57 Å². The van der Waals surface area contributed by atoms with Gasteiger partial charge in [-0.05, 0) is 62.5 Å². The lowest BCUT2D eigenvalue weighted by molar-refractivity contribution is 0.0725. The highest BCUT2D eigenvalue weighted by Gasteiger charge is 2.43. The van der Waals surface area contributed by atoms with Crippen LogP contribution in [0, 0.1) is 6.92 Å². The number of allylic oxidation sites excluding steroid dienone is 1. The second-order valence-corrected chi connectivity index (χ2v) is 20.0. The third-order valence-corrected chi connectivity index (χ3v) is 15.4. The second kappa shape index (κ2) is 7.38. The van der Waals surface area contributed by atoms with Crippen LogP contribution in [0.5, 0.6) is 0 Å². The summed E-state index contributed by atoms with van der Waals surface area (Å²) in [5, 5.41) is 0.489. The van der Waals surface area contributed by atoms with Crippen LogP contribution >= 0.6 is 0 Å². The molecule has 141 valence electrons. The van der Waals surface area contributed by atoms with Gasteiger partial charge in [0, 0.05) is 0 Å². The molecule has 0 saturated heterocycles. The summed E-state index contributed by atoms with van der Waals surface area (Å²) in [5.41, 5.74) is 1.40. The summed E-state index contributed by atoms with van der Waals surface area (Å²) in [7, 11) is -3.50. The molecule has 0 spiro atoms. The van der Waals surface area contributed by atoms with Gasteiger partial charge in [0.25, 0.3) is 0 Å². The summed E-state index contributed by atoms with van der Waals surface area (Å²) in [5.74, 6) is 0. The highest BCUT2D eigenvalue weighted by atomic mass is 28.4. The molecule has 4 heteroatoms. The first kappa shape index (κ1) is 22.1. The zero-order valence-corrected chi connectivity index (χ0v) is 19.9. The molecule has 0 aromatic heterocycles. The van der Waals surface area contributed by atoms with Crippen LogP contribution in [0.2, 0.25) is 36.3 Å². The van der Waals surface area contributed by atoms with Gasteiger partial charge in [-0.3, -0.25) is 0 Å². The maximum Gasteiger partial charge on any atom is 0.192 e. The normalized spacial score (nSPS) is 24.2. The second-order valence-electron chi connectivity index (χ2n) is 10.5. The van der Waals surface area contributed by atoms with Crippen LogP contribution in [0.1, 0.15) is 60.8 Å². The summed E-state index contributed by atoms with van der Waals surface area (Å²) in [6.45, 7) is 27.3. The molecular weight excluding hydrogens is 328 g/mol. The van der Waals surface area contributed by atoms with Crippen molar-refractivity contribution < 1.29 is 8.85 Å². The molecule has 2 atom stereocenters. The molecule has 1 aliphatic rings. The van der Waals surface area contributed by atoms with E-state index < -0.39 is 16.6 Å². The molecule has 1 aliphatic carbocycles. The van der Waals surface area contributed by atoms with Gasteiger partial charge < -0.3 is 8.85 Å². The van der Waals surface area contributed by atoms with Crippen LogP contribution in [0.3, 0.4) is 0 Å². The van der Waals surface area contributed by atoms with Gasteiger partial charge in [-0.15, -0.1) is 0 Å². The van der Waals surface area contributed by atoms with Gasteiger partial charge in [0.2, 0.25) is 0 Å². The van der Waals surface area contributed by atoms with Gasteiger partial charge in [-0.25, -0.2) is 0 Å². The molecule has 0 amide bonds. The van der Waals surface area contributed by atoms with Crippen molar-refractivity contribution in [1.82, 2.24) is 0 Å². The molecule has 0 aromatic carbocycles. The van der Waals surface area contributed by atoms with Crippen molar-refractivity contribution in [2.75, 3.05) is 0 Å². The van der Waals surface area contributed by atoms with Gasteiger partial charge in [-0.2, -0.15) is 0 Å². The maximum absolute atomic E-state index is 6.71. The smallest absolute Gasteiger partial charge is 0.192 e. The molecule has 0 aliphatic heterocycles. The van der Waals surface area contributed by atoms with Crippen molar-refractivity contribution in [2.24, 2.45) is 0 Å².